The van der Waals surface area contributed by atoms with Crippen LogP contribution in [0.4, 0.5) is 18.9 Å². The van der Waals surface area contributed by atoms with Gasteiger partial charge >= 0.3 is 18.0 Å². The maximum absolute atomic E-state index is 13.0. The number of carbonyl (C=O) groups excluding carboxylic acids is 2. The van der Waals surface area contributed by atoms with E-state index in [1.807, 2.05) is 5.32 Å². The lowest BCUT2D eigenvalue weighted by molar-refractivity contribution is -0.138. The molecule has 0 unspecified atom stereocenters. The van der Waals surface area contributed by atoms with Crippen molar-refractivity contribution in [2.75, 3.05) is 25.1 Å². The number of amides is 2. The van der Waals surface area contributed by atoms with E-state index in [4.69, 9.17) is 9.47 Å². The van der Waals surface area contributed by atoms with Gasteiger partial charge in [0.1, 0.15) is 13.2 Å². The first kappa shape index (κ1) is 20.5. The standard InChI is InChI=1S/C19H17F3N2O5/c20-19(21,22)12-3-1-2-4-13(12)24-18(27)17(26)23-10-14(25)11-5-6-15-16(9-11)29-8-7-28-15/h1-6,9,14,25H,7-8,10H2,(H,23,26)(H,24,27)/t14-/m0/s1. The first-order valence-corrected chi connectivity index (χ1v) is 8.58. The van der Waals surface area contributed by atoms with Crippen molar-refractivity contribution in [3.8, 4) is 11.5 Å². The van der Waals surface area contributed by atoms with Crippen LogP contribution in [0.15, 0.2) is 42.5 Å². The number of anilines is 1. The van der Waals surface area contributed by atoms with Crippen molar-refractivity contribution >= 4 is 17.5 Å². The fourth-order valence-corrected chi connectivity index (χ4v) is 2.67. The predicted molar refractivity (Wildman–Crippen MR) is 95.5 cm³/mol. The molecule has 0 saturated carbocycles. The van der Waals surface area contributed by atoms with Crippen LogP contribution in [0, 0.1) is 0 Å². The lowest BCUT2D eigenvalue weighted by atomic mass is 10.1. The van der Waals surface area contributed by atoms with Crippen LogP contribution in [0.5, 0.6) is 11.5 Å². The zero-order valence-corrected chi connectivity index (χ0v) is 15.0. The maximum atomic E-state index is 13.0. The third kappa shape index (κ3) is 4.96. The van der Waals surface area contributed by atoms with E-state index in [1.165, 1.54) is 12.1 Å². The molecule has 0 fully saturated rings. The Hall–Kier alpha value is -3.27. The molecule has 1 atom stereocenters. The molecule has 0 aliphatic carbocycles. The van der Waals surface area contributed by atoms with Crippen LogP contribution in [-0.4, -0.2) is 36.7 Å². The molecule has 2 amide bonds. The van der Waals surface area contributed by atoms with E-state index in [0.717, 1.165) is 12.1 Å². The Morgan fingerprint density at radius 1 is 1.03 bits per heavy atom. The number of ether oxygens (including phenoxy) is 2. The summed E-state index contributed by atoms with van der Waals surface area (Å²) in [4.78, 5) is 23.8. The molecule has 7 nitrogen and oxygen atoms in total. The summed E-state index contributed by atoms with van der Waals surface area (Å²) in [6, 6.07) is 9.03. The van der Waals surface area contributed by atoms with E-state index in [2.05, 4.69) is 5.32 Å². The van der Waals surface area contributed by atoms with Crippen LogP contribution in [0.3, 0.4) is 0 Å². The SMILES string of the molecule is O=C(NC[C@H](O)c1ccc2c(c1)OCCO2)C(=O)Nc1ccccc1C(F)(F)F. The first-order valence-electron chi connectivity index (χ1n) is 8.58. The van der Waals surface area contributed by atoms with Gasteiger partial charge in [-0.3, -0.25) is 9.59 Å². The Labute approximate surface area is 163 Å². The van der Waals surface area contributed by atoms with Crippen molar-refractivity contribution in [2.45, 2.75) is 12.3 Å². The van der Waals surface area contributed by atoms with Crippen molar-refractivity contribution in [3.05, 3.63) is 53.6 Å². The third-order valence-electron chi connectivity index (χ3n) is 4.09. The Kier molecular flexibility index (Phi) is 5.92. The highest BCUT2D eigenvalue weighted by atomic mass is 19.4. The number of aliphatic hydroxyl groups is 1. The van der Waals surface area contributed by atoms with Gasteiger partial charge in [-0.15, -0.1) is 0 Å². The number of halogens is 3. The molecule has 0 aromatic heterocycles. The molecule has 0 spiro atoms. The van der Waals surface area contributed by atoms with Gasteiger partial charge in [-0.1, -0.05) is 18.2 Å². The fourth-order valence-electron chi connectivity index (χ4n) is 2.67. The summed E-state index contributed by atoms with van der Waals surface area (Å²) in [7, 11) is 0. The number of fused-ring (bicyclic) bond motifs is 1. The number of alkyl halides is 3. The number of aliphatic hydroxyl groups excluding tert-OH is 1. The molecule has 1 aliphatic heterocycles. The monoisotopic (exact) mass is 410 g/mol. The Bertz CT molecular complexity index is 917. The quantitative estimate of drug-likeness (QED) is 0.672. The van der Waals surface area contributed by atoms with E-state index in [1.54, 1.807) is 18.2 Å². The van der Waals surface area contributed by atoms with Crippen LogP contribution < -0.4 is 20.1 Å². The molecular weight excluding hydrogens is 393 g/mol. The normalized spacial score (nSPS) is 14.1. The molecule has 0 saturated heterocycles. The third-order valence-corrected chi connectivity index (χ3v) is 4.09. The Morgan fingerprint density at radius 3 is 2.45 bits per heavy atom. The molecule has 154 valence electrons. The summed E-state index contributed by atoms with van der Waals surface area (Å²) in [5.74, 6) is -1.49. The second-order valence-electron chi connectivity index (χ2n) is 6.13. The van der Waals surface area contributed by atoms with Crippen molar-refractivity contribution in [2.24, 2.45) is 0 Å². The van der Waals surface area contributed by atoms with E-state index < -0.39 is 35.3 Å². The van der Waals surface area contributed by atoms with Crippen LogP contribution in [0.25, 0.3) is 0 Å². The van der Waals surface area contributed by atoms with Gasteiger partial charge in [0.25, 0.3) is 0 Å². The molecule has 2 aromatic carbocycles. The number of benzene rings is 2. The number of carbonyl (C=O) groups is 2. The van der Waals surface area contributed by atoms with Crippen LogP contribution in [-0.2, 0) is 15.8 Å². The number of hydrogen-bond acceptors (Lipinski definition) is 5. The van der Waals surface area contributed by atoms with Crippen molar-refractivity contribution in [1.29, 1.82) is 0 Å². The summed E-state index contributed by atoms with van der Waals surface area (Å²) in [6.07, 6.45) is -5.85. The second-order valence-corrected chi connectivity index (χ2v) is 6.13. The summed E-state index contributed by atoms with van der Waals surface area (Å²) in [5, 5.41) is 14.3. The molecule has 2 aromatic rings. The van der Waals surface area contributed by atoms with E-state index >= 15 is 0 Å². The summed E-state index contributed by atoms with van der Waals surface area (Å²) in [6.45, 7) is 0.452. The number of hydrogen-bond donors (Lipinski definition) is 3. The predicted octanol–water partition coefficient (Wildman–Crippen LogP) is 2.26. The fraction of sp³-hybridized carbons (Fsp3) is 0.263. The number of nitrogens with one attached hydrogen (secondary N) is 2. The van der Waals surface area contributed by atoms with Crippen LogP contribution >= 0.6 is 0 Å². The molecular formula is C19H17F3N2O5. The Morgan fingerprint density at radius 2 is 1.72 bits per heavy atom. The van der Waals surface area contributed by atoms with Gasteiger partial charge in [0.15, 0.2) is 11.5 Å². The Balaban J connectivity index is 1.59. The van der Waals surface area contributed by atoms with Gasteiger partial charge in [-0.05, 0) is 29.8 Å². The highest BCUT2D eigenvalue weighted by molar-refractivity contribution is 6.39. The highest BCUT2D eigenvalue weighted by Crippen LogP contribution is 2.34. The molecule has 29 heavy (non-hydrogen) atoms. The van der Waals surface area contributed by atoms with Gasteiger partial charge < -0.3 is 25.2 Å². The zero-order chi connectivity index (χ0) is 21.0. The first-order chi connectivity index (χ1) is 13.8. The molecule has 10 heteroatoms. The largest absolute Gasteiger partial charge is 0.486 e. The lowest BCUT2D eigenvalue weighted by Gasteiger charge is -2.20. The topological polar surface area (TPSA) is 96.9 Å². The van der Waals surface area contributed by atoms with Gasteiger partial charge in [0, 0.05) is 6.54 Å². The number of rotatable bonds is 4. The highest BCUT2D eigenvalue weighted by Gasteiger charge is 2.34. The van der Waals surface area contributed by atoms with Crippen molar-refractivity contribution < 1.29 is 37.3 Å². The van der Waals surface area contributed by atoms with Gasteiger partial charge in [0.2, 0.25) is 0 Å². The molecule has 1 heterocycles. The van der Waals surface area contributed by atoms with E-state index in [0.29, 0.717) is 30.3 Å². The average molecular weight is 410 g/mol. The second kappa shape index (κ2) is 8.39. The maximum Gasteiger partial charge on any atom is 0.418 e. The zero-order valence-electron chi connectivity index (χ0n) is 15.0. The summed E-state index contributed by atoms with van der Waals surface area (Å²) >= 11 is 0. The van der Waals surface area contributed by atoms with E-state index in [9.17, 15) is 27.9 Å². The van der Waals surface area contributed by atoms with Crippen LogP contribution in [0.2, 0.25) is 0 Å². The van der Waals surface area contributed by atoms with Gasteiger partial charge in [0.05, 0.1) is 17.4 Å². The molecule has 0 radical (unpaired) electrons. The molecule has 3 rings (SSSR count). The van der Waals surface area contributed by atoms with Gasteiger partial charge in [-0.2, -0.15) is 13.2 Å². The minimum atomic E-state index is -4.69. The summed E-state index contributed by atoms with van der Waals surface area (Å²) in [5.41, 5.74) is -1.19. The minimum Gasteiger partial charge on any atom is -0.486 e. The van der Waals surface area contributed by atoms with E-state index in [-0.39, 0.29) is 6.54 Å². The smallest absolute Gasteiger partial charge is 0.418 e. The summed E-state index contributed by atoms with van der Waals surface area (Å²) < 4.78 is 49.6. The molecule has 3 N–H and O–H groups in total. The molecule has 1 aliphatic rings. The minimum absolute atomic E-state index is 0.327. The molecule has 0 bridgehead atoms. The van der Waals surface area contributed by atoms with Gasteiger partial charge in [-0.25, -0.2) is 0 Å². The number of para-hydroxylation sites is 1. The van der Waals surface area contributed by atoms with Crippen molar-refractivity contribution in [1.82, 2.24) is 5.32 Å². The van der Waals surface area contributed by atoms with Crippen molar-refractivity contribution in [3.63, 3.8) is 0 Å². The van der Waals surface area contributed by atoms with Crippen LogP contribution in [0.1, 0.15) is 17.2 Å². The average Bonchev–Trinajstić information content (AvgIpc) is 2.70. The lowest BCUT2D eigenvalue weighted by Crippen LogP contribution is -2.38.